The van der Waals surface area contributed by atoms with Crippen LogP contribution in [0, 0.1) is 12.8 Å². The molecule has 1 aromatic carbocycles. The second-order valence-electron chi connectivity index (χ2n) is 5.87. The van der Waals surface area contributed by atoms with E-state index >= 15 is 0 Å². The molecule has 21 heavy (non-hydrogen) atoms. The number of nitrogens with one attached hydrogen (secondary N) is 1. The summed E-state index contributed by atoms with van der Waals surface area (Å²) >= 11 is 6.07. The molecule has 1 saturated heterocycles. The van der Waals surface area contributed by atoms with E-state index in [0.29, 0.717) is 17.5 Å². The maximum atomic E-state index is 12.1. The zero-order chi connectivity index (χ0) is 15.4. The van der Waals surface area contributed by atoms with Crippen LogP contribution in [0.2, 0.25) is 5.02 Å². The molecule has 0 saturated carbocycles. The van der Waals surface area contributed by atoms with Crippen molar-refractivity contribution < 1.29 is 4.79 Å². The highest BCUT2D eigenvalue weighted by Gasteiger charge is 2.26. The molecule has 0 radical (unpaired) electrons. The second-order valence-corrected chi connectivity index (χ2v) is 6.28. The first-order chi connectivity index (χ1) is 9.99. The van der Waals surface area contributed by atoms with Crippen molar-refractivity contribution in [3.63, 3.8) is 0 Å². The van der Waals surface area contributed by atoms with Crippen LogP contribution < -0.4 is 11.1 Å². The van der Waals surface area contributed by atoms with E-state index in [9.17, 15) is 4.79 Å². The molecule has 3 N–H and O–H groups in total. The molecule has 0 spiro atoms. The van der Waals surface area contributed by atoms with Gasteiger partial charge in [0, 0.05) is 29.8 Å². The molecule has 1 heterocycles. The summed E-state index contributed by atoms with van der Waals surface area (Å²) in [6.45, 7) is 6.30. The maximum Gasteiger partial charge on any atom is 0.238 e. The van der Waals surface area contributed by atoms with Crippen molar-refractivity contribution in [2.75, 3.05) is 25.0 Å². The fourth-order valence-electron chi connectivity index (χ4n) is 2.78. The van der Waals surface area contributed by atoms with Gasteiger partial charge in [-0.05, 0) is 37.0 Å². The second kappa shape index (κ2) is 7.25. The van der Waals surface area contributed by atoms with Crippen LogP contribution in [0.25, 0.3) is 0 Å². The lowest BCUT2D eigenvalue weighted by Crippen LogP contribution is -2.48. The number of carbonyl (C=O) groups is 1. The molecule has 2 rings (SSSR count). The minimum Gasteiger partial charge on any atom is -0.327 e. The molecule has 4 nitrogen and oxygen atoms in total. The van der Waals surface area contributed by atoms with E-state index in [4.69, 9.17) is 17.3 Å². The van der Waals surface area contributed by atoms with Gasteiger partial charge in [0.2, 0.25) is 5.91 Å². The number of piperidine rings is 1. The molecule has 0 aromatic heterocycles. The molecule has 116 valence electrons. The first-order valence-electron chi connectivity index (χ1n) is 7.53. The Hall–Kier alpha value is -1.10. The minimum absolute atomic E-state index is 0.000226. The molecule has 2 unspecified atom stereocenters. The van der Waals surface area contributed by atoms with E-state index in [1.807, 2.05) is 19.1 Å². The normalized spacial score (nSPS) is 23.0. The van der Waals surface area contributed by atoms with Crippen molar-refractivity contribution in [3.05, 3.63) is 28.8 Å². The monoisotopic (exact) mass is 309 g/mol. The van der Waals surface area contributed by atoms with Crippen LogP contribution >= 0.6 is 11.6 Å². The van der Waals surface area contributed by atoms with E-state index in [0.717, 1.165) is 37.2 Å². The Bertz CT molecular complexity index is 506. The predicted octanol–water partition coefficient (Wildman–Crippen LogP) is 2.65. The van der Waals surface area contributed by atoms with Crippen molar-refractivity contribution >= 4 is 23.2 Å². The van der Waals surface area contributed by atoms with Gasteiger partial charge in [0.25, 0.3) is 0 Å². The summed E-state index contributed by atoms with van der Waals surface area (Å²) in [6, 6.07) is 5.84. The molecule has 1 aliphatic rings. The fraction of sp³-hybridized carbons (Fsp3) is 0.562. The van der Waals surface area contributed by atoms with Crippen molar-refractivity contribution in [1.29, 1.82) is 0 Å². The molecular weight excluding hydrogens is 286 g/mol. The van der Waals surface area contributed by atoms with Crippen molar-refractivity contribution in [2.24, 2.45) is 11.7 Å². The number of hydrogen-bond donors (Lipinski definition) is 2. The Morgan fingerprint density at radius 2 is 2.29 bits per heavy atom. The Balaban J connectivity index is 1.88. The lowest BCUT2D eigenvalue weighted by Gasteiger charge is -2.36. The number of anilines is 1. The van der Waals surface area contributed by atoms with Gasteiger partial charge < -0.3 is 11.1 Å². The molecule has 1 fully saturated rings. The van der Waals surface area contributed by atoms with Crippen LogP contribution in [0.3, 0.4) is 0 Å². The third kappa shape index (κ3) is 4.43. The van der Waals surface area contributed by atoms with Gasteiger partial charge >= 0.3 is 0 Å². The number of hydrogen-bond acceptors (Lipinski definition) is 3. The maximum absolute atomic E-state index is 12.1. The smallest absolute Gasteiger partial charge is 0.238 e. The highest BCUT2D eigenvalue weighted by Crippen LogP contribution is 2.21. The zero-order valence-electron chi connectivity index (χ0n) is 12.7. The quantitative estimate of drug-likeness (QED) is 0.899. The minimum atomic E-state index is 0.000226. The molecule has 1 amide bonds. The van der Waals surface area contributed by atoms with Crippen LogP contribution in [0.4, 0.5) is 5.69 Å². The molecule has 1 aliphatic heterocycles. The van der Waals surface area contributed by atoms with Crippen LogP contribution in [0.1, 0.15) is 25.3 Å². The fourth-order valence-corrected chi connectivity index (χ4v) is 2.96. The summed E-state index contributed by atoms with van der Waals surface area (Å²) in [7, 11) is 0. The molecule has 0 bridgehead atoms. The molecule has 0 aliphatic carbocycles. The lowest BCUT2D eigenvalue weighted by molar-refractivity contribution is -0.117. The Kier molecular flexibility index (Phi) is 5.62. The largest absolute Gasteiger partial charge is 0.327 e. The topological polar surface area (TPSA) is 58.4 Å². The number of amides is 1. The highest BCUT2D eigenvalue weighted by molar-refractivity contribution is 6.31. The third-order valence-corrected chi connectivity index (χ3v) is 4.63. The van der Waals surface area contributed by atoms with Gasteiger partial charge in [-0.3, -0.25) is 9.69 Å². The standard InChI is InChI=1S/C16H24ClN3O/c1-3-12-9-20(7-6-15(12)18)10-16(21)19-13-5-4-11(2)14(17)8-13/h4-5,8,12,15H,3,6-7,9-10,18H2,1-2H3,(H,19,21). The number of nitrogens with zero attached hydrogens (tertiary/aromatic N) is 1. The van der Waals surface area contributed by atoms with Gasteiger partial charge in [0.15, 0.2) is 0 Å². The Morgan fingerprint density at radius 1 is 1.52 bits per heavy atom. The number of aryl methyl sites for hydroxylation is 1. The molecule has 5 heteroatoms. The predicted molar refractivity (Wildman–Crippen MR) is 87.6 cm³/mol. The number of benzene rings is 1. The summed E-state index contributed by atoms with van der Waals surface area (Å²) < 4.78 is 0. The first kappa shape index (κ1) is 16.3. The summed E-state index contributed by atoms with van der Waals surface area (Å²) in [6.07, 6.45) is 2.02. The Labute approximate surface area is 131 Å². The van der Waals surface area contributed by atoms with Gasteiger partial charge in [-0.1, -0.05) is 31.0 Å². The molecule has 2 atom stereocenters. The number of likely N-dealkylation sites (tertiary alicyclic amines) is 1. The van der Waals surface area contributed by atoms with E-state index < -0.39 is 0 Å². The number of halogens is 1. The van der Waals surface area contributed by atoms with Crippen molar-refractivity contribution in [1.82, 2.24) is 4.90 Å². The lowest BCUT2D eigenvalue weighted by atomic mass is 9.91. The van der Waals surface area contributed by atoms with E-state index in [1.54, 1.807) is 6.07 Å². The highest BCUT2D eigenvalue weighted by atomic mass is 35.5. The summed E-state index contributed by atoms with van der Waals surface area (Å²) in [5, 5.41) is 3.57. The van der Waals surface area contributed by atoms with Gasteiger partial charge in [0.05, 0.1) is 6.54 Å². The van der Waals surface area contributed by atoms with Gasteiger partial charge in [-0.25, -0.2) is 0 Å². The molecular formula is C16H24ClN3O. The van der Waals surface area contributed by atoms with Crippen molar-refractivity contribution in [2.45, 2.75) is 32.7 Å². The van der Waals surface area contributed by atoms with Crippen molar-refractivity contribution in [3.8, 4) is 0 Å². The van der Waals surface area contributed by atoms with E-state index in [-0.39, 0.29) is 11.9 Å². The van der Waals surface area contributed by atoms with E-state index in [2.05, 4.69) is 17.1 Å². The summed E-state index contributed by atoms with van der Waals surface area (Å²) in [4.78, 5) is 14.3. The SMILES string of the molecule is CCC1CN(CC(=O)Nc2ccc(C)c(Cl)c2)CCC1N. The number of rotatable bonds is 4. The van der Waals surface area contributed by atoms with Crippen LogP contribution in [0.15, 0.2) is 18.2 Å². The first-order valence-corrected chi connectivity index (χ1v) is 7.91. The Morgan fingerprint density at radius 3 is 2.95 bits per heavy atom. The van der Waals surface area contributed by atoms with E-state index in [1.165, 1.54) is 0 Å². The van der Waals surface area contributed by atoms with Crippen LogP contribution in [-0.4, -0.2) is 36.5 Å². The van der Waals surface area contributed by atoms with Gasteiger partial charge in [-0.15, -0.1) is 0 Å². The molecule has 1 aromatic rings. The summed E-state index contributed by atoms with van der Waals surface area (Å²) in [5.74, 6) is 0.487. The summed E-state index contributed by atoms with van der Waals surface area (Å²) in [5.41, 5.74) is 7.85. The van der Waals surface area contributed by atoms with Crippen LogP contribution in [0.5, 0.6) is 0 Å². The zero-order valence-corrected chi connectivity index (χ0v) is 13.5. The average Bonchev–Trinajstić information content (AvgIpc) is 2.45. The number of carbonyl (C=O) groups excluding carboxylic acids is 1. The van der Waals surface area contributed by atoms with Gasteiger partial charge in [-0.2, -0.15) is 0 Å². The number of nitrogens with two attached hydrogens (primary N) is 1. The third-order valence-electron chi connectivity index (χ3n) is 4.22. The van der Waals surface area contributed by atoms with Crippen LogP contribution in [-0.2, 0) is 4.79 Å². The average molecular weight is 310 g/mol. The van der Waals surface area contributed by atoms with Gasteiger partial charge in [0.1, 0.15) is 0 Å².